The molecule has 0 aromatic heterocycles. The van der Waals surface area contributed by atoms with Gasteiger partial charge in [0.25, 0.3) is 5.69 Å². The van der Waals surface area contributed by atoms with Gasteiger partial charge in [-0.05, 0) is 25.0 Å². The van der Waals surface area contributed by atoms with E-state index in [1.165, 1.54) is 0 Å². The number of carbonyl (C=O) groups is 1. The van der Waals surface area contributed by atoms with Crippen LogP contribution in [-0.4, -0.2) is 41.3 Å². The van der Waals surface area contributed by atoms with Gasteiger partial charge >= 0.3 is 5.97 Å². The van der Waals surface area contributed by atoms with Gasteiger partial charge in [-0.15, -0.1) is 0 Å². The highest BCUT2D eigenvalue weighted by atomic mass is 35.5. The van der Waals surface area contributed by atoms with Gasteiger partial charge in [0.15, 0.2) is 0 Å². The van der Waals surface area contributed by atoms with Gasteiger partial charge in [-0.1, -0.05) is 11.6 Å². The van der Waals surface area contributed by atoms with E-state index in [9.17, 15) is 23.3 Å². The summed E-state index contributed by atoms with van der Waals surface area (Å²) in [5.41, 5.74) is -0.538. The summed E-state index contributed by atoms with van der Waals surface area (Å²) in [5.74, 6) is -1.24. The maximum absolute atomic E-state index is 12.4. The molecule has 0 bridgehead atoms. The summed E-state index contributed by atoms with van der Waals surface area (Å²) in [6.45, 7) is 0.0652. The molecule has 0 amide bonds. The highest BCUT2D eigenvalue weighted by molar-refractivity contribution is 7.89. The van der Waals surface area contributed by atoms with E-state index in [0.717, 1.165) is 22.5 Å². The first-order chi connectivity index (χ1) is 9.75. The van der Waals surface area contributed by atoms with Gasteiger partial charge in [0.1, 0.15) is 11.1 Å². The second-order valence-corrected chi connectivity index (χ2v) is 6.78. The molecule has 1 aromatic rings. The summed E-state index contributed by atoms with van der Waals surface area (Å²) in [6.07, 6.45) is 0.635. The summed E-state index contributed by atoms with van der Waals surface area (Å²) in [5, 5.41) is 19.7. The van der Waals surface area contributed by atoms with Crippen molar-refractivity contribution in [2.75, 3.05) is 6.54 Å². The largest absolute Gasteiger partial charge is 0.480 e. The molecule has 1 fully saturated rings. The summed E-state index contributed by atoms with van der Waals surface area (Å²) in [6, 6.07) is 1.93. The van der Waals surface area contributed by atoms with Crippen LogP contribution in [0.3, 0.4) is 0 Å². The molecule has 0 saturated carbocycles. The fourth-order valence-corrected chi connectivity index (χ4v) is 4.06. The second-order valence-electron chi connectivity index (χ2n) is 4.48. The summed E-state index contributed by atoms with van der Waals surface area (Å²) in [4.78, 5) is 20.8. The molecular weight excluding hydrogens is 324 g/mol. The Balaban J connectivity index is 2.47. The molecule has 1 heterocycles. The molecule has 1 aromatic carbocycles. The first kappa shape index (κ1) is 15.7. The molecule has 0 unspecified atom stereocenters. The number of nitro groups is 1. The first-order valence-electron chi connectivity index (χ1n) is 5.93. The number of halogens is 1. The van der Waals surface area contributed by atoms with Crippen LogP contribution in [-0.2, 0) is 14.8 Å². The quantitative estimate of drug-likeness (QED) is 0.658. The van der Waals surface area contributed by atoms with Crippen molar-refractivity contribution in [1.29, 1.82) is 0 Å². The van der Waals surface area contributed by atoms with E-state index in [-0.39, 0.29) is 22.9 Å². The van der Waals surface area contributed by atoms with Gasteiger partial charge < -0.3 is 5.11 Å². The van der Waals surface area contributed by atoms with E-state index in [1.807, 2.05) is 0 Å². The van der Waals surface area contributed by atoms with Crippen molar-refractivity contribution in [2.24, 2.45) is 0 Å². The molecule has 0 aliphatic carbocycles. The van der Waals surface area contributed by atoms with Crippen LogP contribution in [0.4, 0.5) is 5.69 Å². The number of aliphatic carboxylic acids is 1. The van der Waals surface area contributed by atoms with E-state index >= 15 is 0 Å². The van der Waals surface area contributed by atoms with Crippen LogP contribution < -0.4 is 0 Å². The molecule has 0 radical (unpaired) electrons. The zero-order chi connectivity index (χ0) is 15.8. The van der Waals surface area contributed by atoms with Crippen molar-refractivity contribution >= 4 is 33.3 Å². The Kier molecular flexibility index (Phi) is 4.17. The maximum Gasteiger partial charge on any atom is 0.322 e. The monoisotopic (exact) mass is 334 g/mol. The molecule has 10 heteroatoms. The number of nitrogens with zero attached hydrogens (tertiary/aromatic N) is 2. The molecule has 0 spiro atoms. The minimum atomic E-state index is -4.12. The smallest absolute Gasteiger partial charge is 0.322 e. The number of hydrogen-bond acceptors (Lipinski definition) is 5. The zero-order valence-corrected chi connectivity index (χ0v) is 12.2. The molecule has 2 rings (SSSR count). The molecule has 1 aliphatic rings. The number of hydrogen-bond donors (Lipinski definition) is 1. The van der Waals surface area contributed by atoms with Gasteiger partial charge in [-0.25, -0.2) is 8.42 Å². The molecule has 1 saturated heterocycles. The Hall–Kier alpha value is -1.71. The van der Waals surface area contributed by atoms with Crippen molar-refractivity contribution < 1.29 is 23.2 Å². The van der Waals surface area contributed by atoms with Crippen LogP contribution in [0.1, 0.15) is 12.8 Å². The van der Waals surface area contributed by atoms with Crippen molar-refractivity contribution in [3.05, 3.63) is 33.3 Å². The minimum Gasteiger partial charge on any atom is -0.480 e. The highest BCUT2D eigenvalue weighted by Gasteiger charge is 2.40. The van der Waals surface area contributed by atoms with E-state index in [1.54, 1.807) is 0 Å². The SMILES string of the molecule is O=C(O)[C@H]1CCCN1S(=O)(=O)c1ccc(Cl)c([N+](=O)[O-])c1. The molecule has 21 heavy (non-hydrogen) atoms. The van der Waals surface area contributed by atoms with Crippen molar-refractivity contribution in [1.82, 2.24) is 4.31 Å². The van der Waals surface area contributed by atoms with Crippen LogP contribution in [0, 0.1) is 10.1 Å². The molecule has 114 valence electrons. The Morgan fingerprint density at radius 1 is 1.48 bits per heavy atom. The number of benzene rings is 1. The predicted octanol–water partition coefficient (Wildman–Crippen LogP) is 1.49. The van der Waals surface area contributed by atoms with Gasteiger partial charge in [0, 0.05) is 12.6 Å². The van der Waals surface area contributed by atoms with Crippen molar-refractivity contribution in [3.8, 4) is 0 Å². The number of carboxylic acids is 1. The van der Waals surface area contributed by atoms with Gasteiger partial charge in [-0.3, -0.25) is 14.9 Å². The molecule has 1 aliphatic heterocycles. The Morgan fingerprint density at radius 2 is 2.14 bits per heavy atom. The zero-order valence-electron chi connectivity index (χ0n) is 10.6. The Labute approximate surface area is 125 Å². The fourth-order valence-electron chi connectivity index (χ4n) is 2.20. The lowest BCUT2D eigenvalue weighted by Gasteiger charge is -2.20. The van der Waals surface area contributed by atoms with Crippen LogP contribution >= 0.6 is 11.6 Å². The Bertz CT molecular complexity index is 705. The molecular formula is C11H11ClN2O6S. The second kappa shape index (κ2) is 5.58. The third kappa shape index (κ3) is 2.85. The average molecular weight is 335 g/mol. The van der Waals surface area contributed by atoms with E-state index in [2.05, 4.69) is 0 Å². The topological polar surface area (TPSA) is 118 Å². The lowest BCUT2D eigenvalue weighted by atomic mass is 10.2. The van der Waals surface area contributed by atoms with Gasteiger partial charge in [-0.2, -0.15) is 4.31 Å². The fraction of sp³-hybridized carbons (Fsp3) is 0.364. The van der Waals surface area contributed by atoms with Gasteiger partial charge in [0.2, 0.25) is 10.0 Å². The third-order valence-corrected chi connectivity index (χ3v) is 5.43. The summed E-state index contributed by atoms with van der Waals surface area (Å²) >= 11 is 5.64. The Morgan fingerprint density at radius 3 is 2.71 bits per heavy atom. The average Bonchev–Trinajstić information content (AvgIpc) is 2.88. The normalized spacial score (nSPS) is 19.6. The van der Waals surface area contributed by atoms with E-state index in [4.69, 9.17) is 16.7 Å². The minimum absolute atomic E-state index is 0.0652. The maximum atomic E-state index is 12.4. The van der Waals surface area contributed by atoms with Crippen LogP contribution in [0.2, 0.25) is 5.02 Å². The lowest BCUT2D eigenvalue weighted by Crippen LogP contribution is -2.40. The molecule has 1 N–H and O–H groups in total. The highest BCUT2D eigenvalue weighted by Crippen LogP contribution is 2.31. The van der Waals surface area contributed by atoms with Gasteiger partial charge in [0.05, 0.1) is 9.82 Å². The molecule has 8 nitrogen and oxygen atoms in total. The van der Waals surface area contributed by atoms with E-state index < -0.39 is 32.6 Å². The van der Waals surface area contributed by atoms with Crippen LogP contribution in [0.15, 0.2) is 23.1 Å². The lowest BCUT2D eigenvalue weighted by molar-refractivity contribution is -0.384. The van der Waals surface area contributed by atoms with Crippen LogP contribution in [0.25, 0.3) is 0 Å². The standard InChI is InChI=1S/C11H11ClN2O6S/c12-8-4-3-7(6-10(8)14(17)18)21(19,20)13-5-1-2-9(13)11(15)16/h3-4,6,9H,1-2,5H2,(H,15,16)/t9-/m1/s1. The summed E-state index contributed by atoms with van der Waals surface area (Å²) < 4.78 is 25.7. The van der Waals surface area contributed by atoms with Crippen molar-refractivity contribution in [3.63, 3.8) is 0 Å². The summed E-state index contributed by atoms with van der Waals surface area (Å²) in [7, 11) is -4.12. The van der Waals surface area contributed by atoms with E-state index in [0.29, 0.717) is 6.42 Å². The number of rotatable bonds is 4. The number of nitro benzene ring substituents is 1. The molecule has 1 atom stereocenters. The van der Waals surface area contributed by atoms with Crippen LogP contribution in [0.5, 0.6) is 0 Å². The number of sulfonamides is 1. The predicted molar refractivity (Wildman–Crippen MR) is 72.7 cm³/mol. The van der Waals surface area contributed by atoms with Crippen molar-refractivity contribution in [2.45, 2.75) is 23.8 Å². The third-order valence-electron chi connectivity index (χ3n) is 3.21. The first-order valence-corrected chi connectivity index (χ1v) is 7.75. The number of carboxylic acid groups (broad SMARTS) is 1.